The van der Waals surface area contributed by atoms with Gasteiger partial charge >= 0.3 is 0 Å². The summed E-state index contributed by atoms with van der Waals surface area (Å²) >= 11 is 3.30. The molecule has 0 spiro atoms. The fraction of sp³-hybridized carbons (Fsp3) is 0.300. The third-order valence-corrected chi connectivity index (χ3v) is 6.25. The fourth-order valence-corrected chi connectivity index (χ4v) is 4.17. The number of hydrogen-bond acceptors (Lipinski definition) is 4. The van der Waals surface area contributed by atoms with Crippen molar-refractivity contribution in [3.05, 3.63) is 63.6 Å². The van der Waals surface area contributed by atoms with Gasteiger partial charge in [0, 0.05) is 36.1 Å². The molecule has 156 valence electrons. The molecule has 0 aliphatic heterocycles. The highest BCUT2D eigenvalue weighted by Crippen LogP contribution is 2.16. The Balaban J connectivity index is 1.69. The predicted molar refractivity (Wildman–Crippen MR) is 115 cm³/mol. The third kappa shape index (κ3) is 7.26. The van der Waals surface area contributed by atoms with Gasteiger partial charge in [0.1, 0.15) is 0 Å². The van der Waals surface area contributed by atoms with Crippen LogP contribution in [0.25, 0.3) is 0 Å². The fourth-order valence-electron chi connectivity index (χ4n) is 2.54. The van der Waals surface area contributed by atoms with E-state index in [9.17, 15) is 18.0 Å². The number of carbonyl (C=O) groups is 2. The van der Waals surface area contributed by atoms with Gasteiger partial charge < -0.3 is 10.6 Å². The topological polar surface area (TPSA) is 104 Å². The van der Waals surface area contributed by atoms with Gasteiger partial charge in [-0.2, -0.15) is 0 Å². The number of carbonyl (C=O) groups excluding carboxylic acids is 2. The molecule has 7 nitrogen and oxygen atoms in total. The first kappa shape index (κ1) is 23.1. The molecule has 0 heterocycles. The molecule has 0 radical (unpaired) electrons. The van der Waals surface area contributed by atoms with Crippen molar-refractivity contribution in [3.63, 3.8) is 0 Å². The molecule has 2 rings (SSSR count). The van der Waals surface area contributed by atoms with Gasteiger partial charge in [0.05, 0.1) is 4.90 Å². The predicted octanol–water partition coefficient (Wildman–Crippen LogP) is 2.28. The van der Waals surface area contributed by atoms with Gasteiger partial charge in [0.15, 0.2) is 0 Å². The summed E-state index contributed by atoms with van der Waals surface area (Å²) in [4.78, 5) is 24.0. The molecule has 2 aromatic rings. The molecular formula is C20H24BrN3O4S. The van der Waals surface area contributed by atoms with Gasteiger partial charge in [-0.15, -0.1) is 0 Å². The van der Waals surface area contributed by atoms with E-state index in [1.165, 1.54) is 0 Å². The SMILES string of the molecule is Cc1ccc(C)c(S(=O)(=O)NCCNC(=O)CCNC(=O)c2ccc(Br)cc2)c1. The van der Waals surface area contributed by atoms with Crippen molar-refractivity contribution in [1.82, 2.24) is 15.4 Å². The van der Waals surface area contributed by atoms with E-state index in [4.69, 9.17) is 0 Å². The number of nitrogens with one attached hydrogen (secondary N) is 3. The lowest BCUT2D eigenvalue weighted by atomic mass is 10.2. The van der Waals surface area contributed by atoms with Crippen LogP contribution in [0.2, 0.25) is 0 Å². The van der Waals surface area contributed by atoms with Gasteiger partial charge in [-0.1, -0.05) is 28.1 Å². The Morgan fingerprint density at radius 3 is 2.31 bits per heavy atom. The third-order valence-electron chi connectivity index (χ3n) is 4.12. The number of amides is 2. The normalized spacial score (nSPS) is 11.1. The Kier molecular flexibility index (Phi) is 8.36. The molecule has 3 N–H and O–H groups in total. The van der Waals surface area contributed by atoms with Gasteiger partial charge in [-0.3, -0.25) is 9.59 Å². The van der Waals surface area contributed by atoms with Crippen LogP contribution in [0.15, 0.2) is 51.8 Å². The molecule has 0 aliphatic rings. The van der Waals surface area contributed by atoms with Crippen LogP contribution in [0.3, 0.4) is 0 Å². The zero-order chi connectivity index (χ0) is 21.4. The molecule has 0 saturated heterocycles. The number of sulfonamides is 1. The van der Waals surface area contributed by atoms with Crippen LogP contribution in [0.5, 0.6) is 0 Å². The van der Waals surface area contributed by atoms with Crippen molar-refractivity contribution in [2.75, 3.05) is 19.6 Å². The van der Waals surface area contributed by atoms with Crippen LogP contribution in [0.1, 0.15) is 27.9 Å². The first-order valence-electron chi connectivity index (χ1n) is 9.06. The van der Waals surface area contributed by atoms with Gasteiger partial charge in [-0.25, -0.2) is 13.1 Å². The van der Waals surface area contributed by atoms with Crippen LogP contribution < -0.4 is 15.4 Å². The summed E-state index contributed by atoms with van der Waals surface area (Å²) in [5.41, 5.74) is 2.03. The van der Waals surface area contributed by atoms with E-state index in [1.807, 2.05) is 13.0 Å². The molecule has 0 saturated carbocycles. The minimum absolute atomic E-state index is 0.0761. The van der Waals surface area contributed by atoms with Crippen molar-refractivity contribution in [3.8, 4) is 0 Å². The van der Waals surface area contributed by atoms with Gasteiger partial charge in [0.2, 0.25) is 15.9 Å². The van der Waals surface area contributed by atoms with Crippen LogP contribution in [-0.4, -0.2) is 39.9 Å². The second-order valence-corrected chi connectivity index (χ2v) is 9.18. The Bertz CT molecular complexity index is 976. The van der Waals surface area contributed by atoms with E-state index < -0.39 is 10.0 Å². The maximum absolute atomic E-state index is 12.4. The van der Waals surface area contributed by atoms with Crippen molar-refractivity contribution in [2.24, 2.45) is 0 Å². The lowest BCUT2D eigenvalue weighted by Gasteiger charge is -2.11. The highest BCUT2D eigenvalue weighted by molar-refractivity contribution is 9.10. The second-order valence-electron chi connectivity index (χ2n) is 6.53. The summed E-state index contributed by atoms with van der Waals surface area (Å²) < 4.78 is 28.1. The summed E-state index contributed by atoms with van der Waals surface area (Å²) in [5.74, 6) is -0.529. The number of aryl methyl sites for hydroxylation is 2. The Hall–Kier alpha value is -2.23. The van der Waals surface area contributed by atoms with E-state index in [0.29, 0.717) is 11.1 Å². The highest BCUT2D eigenvalue weighted by atomic mass is 79.9. The van der Waals surface area contributed by atoms with Crippen LogP contribution in [0.4, 0.5) is 0 Å². The molecule has 0 aromatic heterocycles. The maximum atomic E-state index is 12.4. The van der Waals surface area contributed by atoms with E-state index >= 15 is 0 Å². The Morgan fingerprint density at radius 2 is 1.62 bits per heavy atom. The number of halogens is 1. The summed E-state index contributed by atoms with van der Waals surface area (Å²) in [6.07, 6.45) is 0.103. The zero-order valence-corrected chi connectivity index (χ0v) is 18.7. The molecular weight excluding hydrogens is 458 g/mol. The monoisotopic (exact) mass is 481 g/mol. The average molecular weight is 482 g/mol. The minimum atomic E-state index is -3.63. The molecule has 0 aliphatic carbocycles. The molecule has 2 amide bonds. The van der Waals surface area contributed by atoms with Crippen molar-refractivity contribution >= 4 is 37.8 Å². The first-order valence-corrected chi connectivity index (χ1v) is 11.3. The van der Waals surface area contributed by atoms with E-state index in [0.717, 1.165) is 10.0 Å². The smallest absolute Gasteiger partial charge is 0.251 e. The first-order chi connectivity index (χ1) is 13.7. The lowest BCUT2D eigenvalue weighted by Crippen LogP contribution is -2.36. The number of rotatable bonds is 9. The summed E-state index contributed by atoms with van der Waals surface area (Å²) in [6.45, 7) is 3.98. The van der Waals surface area contributed by atoms with E-state index in [1.54, 1.807) is 43.3 Å². The molecule has 0 fully saturated rings. The highest BCUT2D eigenvalue weighted by Gasteiger charge is 2.16. The Morgan fingerprint density at radius 1 is 0.931 bits per heavy atom. The average Bonchev–Trinajstić information content (AvgIpc) is 2.67. The van der Waals surface area contributed by atoms with E-state index in [-0.39, 0.29) is 42.8 Å². The summed E-state index contributed by atoms with van der Waals surface area (Å²) in [5, 5.41) is 5.30. The zero-order valence-electron chi connectivity index (χ0n) is 16.3. The Labute approximate surface area is 179 Å². The van der Waals surface area contributed by atoms with Gasteiger partial charge in [-0.05, 0) is 55.3 Å². The quantitative estimate of drug-likeness (QED) is 0.477. The van der Waals surface area contributed by atoms with Crippen LogP contribution in [0, 0.1) is 13.8 Å². The molecule has 0 bridgehead atoms. The molecule has 0 unspecified atom stereocenters. The minimum Gasteiger partial charge on any atom is -0.355 e. The van der Waals surface area contributed by atoms with Crippen molar-refractivity contribution in [1.29, 1.82) is 0 Å². The van der Waals surface area contributed by atoms with Crippen molar-refractivity contribution in [2.45, 2.75) is 25.2 Å². The number of benzene rings is 2. The lowest BCUT2D eigenvalue weighted by molar-refractivity contribution is -0.120. The molecule has 9 heteroatoms. The molecule has 0 atom stereocenters. The summed E-state index contributed by atoms with van der Waals surface area (Å²) in [6, 6.07) is 12.1. The maximum Gasteiger partial charge on any atom is 0.251 e. The second kappa shape index (κ2) is 10.5. The standard InChI is InChI=1S/C20H24BrN3O4S/c1-14-3-4-15(2)18(13-14)29(27,28)24-12-11-22-19(25)9-10-23-20(26)16-5-7-17(21)8-6-16/h3-8,13,24H,9-12H2,1-2H3,(H,22,25)(H,23,26). The van der Waals surface area contributed by atoms with Crippen LogP contribution in [-0.2, 0) is 14.8 Å². The van der Waals surface area contributed by atoms with Gasteiger partial charge in [0.25, 0.3) is 5.91 Å². The van der Waals surface area contributed by atoms with E-state index in [2.05, 4.69) is 31.3 Å². The van der Waals surface area contributed by atoms with Crippen molar-refractivity contribution < 1.29 is 18.0 Å². The molecule has 29 heavy (non-hydrogen) atoms. The molecule has 2 aromatic carbocycles. The van der Waals surface area contributed by atoms with Crippen LogP contribution >= 0.6 is 15.9 Å². The number of hydrogen-bond donors (Lipinski definition) is 3. The largest absolute Gasteiger partial charge is 0.355 e. The summed E-state index contributed by atoms with van der Waals surface area (Å²) in [7, 11) is -3.63.